The number of sulfone groups is 1. The summed E-state index contributed by atoms with van der Waals surface area (Å²) in [5.41, 5.74) is 0.374. The predicted octanol–water partition coefficient (Wildman–Crippen LogP) is 2.24. The van der Waals surface area contributed by atoms with Crippen LogP contribution >= 0.6 is 0 Å². The summed E-state index contributed by atoms with van der Waals surface area (Å²) in [6.45, 7) is 0.144. The maximum absolute atomic E-state index is 12.3. The second-order valence-electron chi connectivity index (χ2n) is 7.29. The highest BCUT2D eigenvalue weighted by molar-refractivity contribution is 7.91. The van der Waals surface area contributed by atoms with Crippen molar-refractivity contribution < 1.29 is 31.9 Å². The zero-order valence-corrected chi connectivity index (χ0v) is 18.2. The number of nitrogens with zero attached hydrogens (tertiary/aromatic N) is 1. The van der Waals surface area contributed by atoms with Crippen LogP contribution in [0.15, 0.2) is 46.6 Å². The molecule has 32 heavy (non-hydrogen) atoms. The summed E-state index contributed by atoms with van der Waals surface area (Å²) in [5.74, 6) is -0.338. The minimum absolute atomic E-state index is 0.00153. The van der Waals surface area contributed by atoms with Crippen LogP contribution in [-0.2, 0) is 26.0 Å². The van der Waals surface area contributed by atoms with E-state index in [1.165, 1.54) is 31.6 Å². The fourth-order valence-electron chi connectivity index (χ4n) is 3.28. The summed E-state index contributed by atoms with van der Waals surface area (Å²) in [6.07, 6.45) is 3.31. The fourth-order valence-corrected chi connectivity index (χ4v) is 5.14. The first kappa shape index (κ1) is 23.1. The lowest BCUT2D eigenvalue weighted by Gasteiger charge is -2.12. The number of hydrogen-bond acceptors (Lipinski definition) is 8. The number of carbonyl (C=O) groups excluding carboxylic acids is 2. The standard InChI is InChI=1S/C22H22N2O7S/c1-29-20-10-15(9-17(12-23)22(26)24-13-18-3-2-7-30-18)4-5-19(20)31-21(25)11-16-6-8-32(27,28)14-16/h2-5,7,9-10,16H,6,8,11,13-14H2,1H3,(H,24,26)/b17-9+/t16-/m1/s1. The number of furan rings is 1. The summed E-state index contributed by atoms with van der Waals surface area (Å²) >= 11 is 0. The van der Waals surface area contributed by atoms with Crippen LogP contribution in [0.4, 0.5) is 0 Å². The molecule has 1 aliphatic rings. The molecule has 1 aromatic heterocycles. The van der Waals surface area contributed by atoms with Gasteiger partial charge in [0.2, 0.25) is 0 Å². The zero-order chi connectivity index (χ0) is 23.1. The number of nitriles is 1. The van der Waals surface area contributed by atoms with Crippen LogP contribution in [0, 0.1) is 17.2 Å². The Hall–Kier alpha value is -3.58. The molecule has 1 atom stereocenters. The second-order valence-corrected chi connectivity index (χ2v) is 9.52. The van der Waals surface area contributed by atoms with Crippen LogP contribution in [0.1, 0.15) is 24.2 Å². The van der Waals surface area contributed by atoms with Crippen LogP contribution in [0.5, 0.6) is 11.5 Å². The normalized spacial score (nSPS) is 17.4. The first-order valence-electron chi connectivity index (χ1n) is 9.81. The topological polar surface area (TPSA) is 136 Å². The summed E-state index contributed by atoms with van der Waals surface area (Å²) in [6, 6.07) is 9.84. The van der Waals surface area contributed by atoms with Crippen LogP contribution < -0.4 is 14.8 Å². The lowest BCUT2D eigenvalue weighted by molar-refractivity contribution is -0.135. The molecular weight excluding hydrogens is 436 g/mol. The van der Waals surface area contributed by atoms with Gasteiger partial charge in [0.25, 0.3) is 5.91 Å². The van der Waals surface area contributed by atoms with E-state index in [2.05, 4.69) is 5.32 Å². The molecule has 9 nitrogen and oxygen atoms in total. The predicted molar refractivity (Wildman–Crippen MR) is 114 cm³/mol. The Kier molecular flexibility index (Phi) is 7.33. The van der Waals surface area contributed by atoms with E-state index in [0.717, 1.165) is 0 Å². The average Bonchev–Trinajstić information content (AvgIpc) is 3.40. The molecule has 1 aliphatic heterocycles. The first-order chi connectivity index (χ1) is 15.3. The Morgan fingerprint density at radius 2 is 2.12 bits per heavy atom. The third-order valence-corrected chi connectivity index (χ3v) is 6.71. The van der Waals surface area contributed by atoms with Gasteiger partial charge in [-0.15, -0.1) is 0 Å². The molecule has 0 spiro atoms. The van der Waals surface area contributed by atoms with Gasteiger partial charge >= 0.3 is 5.97 Å². The third kappa shape index (κ3) is 6.21. The van der Waals surface area contributed by atoms with Crippen LogP contribution in [0.3, 0.4) is 0 Å². The maximum atomic E-state index is 12.3. The largest absolute Gasteiger partial charge is 0.493 e. The Morgan fingerprint density at radius 3 is 2.75 bits per heavy atom. The Bertz CT molecular complexity index is 1160. The van der Waals surface area contributed by atoms with Gasteiger partial charge in [0.15, 0.2) is 21.3 Å². The molecule has 3 rings (SSSR count). The minimum Gasteiger partial charge on any atom is -0.493 e. The third-order valence-electron chi connectivity index (χ3n) is 4.87. The molecule has 168 valence electrons. The van der Waals surface area contributed by atoms with Gasteiger partial charge in [-0.1, -0.05) is 6.07 Å². The molecule has 1 aromatic carbocycles. The van der Waals surface area contributed by atoms with Crippen molar-refractivity contribution in [1.29, 1.82) is 5.26 Å². The summed E-state index contributed by atoms with van der Waals surface area (Å²) in [4.78, 5) is 24.5. The monoisotopic (exact) mass is 458 g/mol. The second kappa shape index (κ2) is 10.2. The van der Waals surface area contributed by atoms with Crippen molar-refractivity contribution in [3.63, 3.8) is 0 Å². The van der Waals surface area contributed by atoms with Gasteiger partial charge in [0.1, 0.15) is 17.4 Å². The number of methoxy groups -OCH3 is 1. The van der Waals surface area contributed by atoms with Crippen molar-refractivity contribution in [1.82, 2.24) is 5.32 Å². The van der Waals surface area contributed by atoms with Crippen molar-refractivity contribution in [2.45, 2.75) is 19.4 Å². The quantitative estimate of drug-likeness (QED) is 0.275. The van der Waals surface area contributed by atoms with E-state index in [4.69, 9.17) is 13.9 Å². The lowest BCUT2D eigenvalue weighted by Crippen LogP contribution is -2.23. The number of nitrogens with one attached hydrogen (secondary N) is 1. The van der Waals surface area contributed by atoms with E-state index < -0.39 is 21.7 Å². The van der Waals surface area contributed by atoms with Gasteiger partial charge < -0.3 is 19.2 Å². The summed E-state index contributed by atoms with van der Waals surface area (Å²) in [7, 11) is -1.68. The van der Waals surface area contributed by atoms with Crippen molar-refractivity contribution in [3.8, 4) is 17.6 Å². The van der Waals surface area contributed by atoms with Gasteiger partial charge in [-0.05, 0) is 48.2 Å². The molecule has 1 saturated heterocycles. The smallest absolute Gasteiger partial charge is 0.311 e. The molecule has 0 saturated carbocycles. The Labute approximate surface area is 185 Å². The van der Waals surface area contributed by atoms with E-state index in [0.29, 0.717) is 17.7 Å². The molecule has 1 N–H and O–H groups in total. The zero-order valence-electron chi connectivity index (χ0n) is 17.4. The van der Waals surface area contributed by atoms with E-state index in [-0.39, 0.29) is 47.5 Å². The molecule has 0 unspecified atom stereocenters. The van der Waals surface area contributed by atoms with Crippen molar-refractivity contribution in [2.75, 3.05) is 18.6 Å². The lowest BCUT2D eigenvalue weighted by atomic mass is 10.1. The molecule has 1 fully saturated rings. The molecule has 0 radical (unpaired) electrons. The van der Waals surface area contributed by atoms with E-state index in [9.17, 15) is 23.3 Å². The molecule has 1 amide bonds. The fraction of sp³-hybridized carbons (Fsp3) is 0.318. The molecule has 2 heterocycles. The van der Waals surface area contributed by atoms with Crippen molar-refractivity contribution >= 4 is 27.8 Å². The van der Waals surface area contributed by atoms with E-state index >= 15 is 0 Å². The number of ether oxygens (including phenoxy) is 2. The Balaban J connectivity index is 1.66. The highest BCUT2D eigenvalue weighted by Gasteiger charge is 2.30. The van der Waals surface area contributed by atoms with Crippen LogP contribution in [0.25, 0.3) is 6.08 Å². The number of amides is 1. The van der Waals surface area contributed by atoms with Crippen molar-refractivity contribution in [3.05, 3.63) is 53.5 Å². The number of esters is 1. The van der Waals surface area contributed by atoms with Gasteiger partial charge in [-0.3, -0.25) is 9.59 Å². The van der Waals surface area contributed by atoms with E-state index in [1.807, 2.05) is 6.07 Å². The molecule has 2 aromatic rings. The van der Waals surface area contributed by atoms with Crippen LogP contribution in [0.2, 0.25) is 0 Å². The summed E-state index contributed by atoms with van der Waals surface area (Å²) in [5, 5.41) is 11.9. The first-order valence-corrected chi connectivity index (χ1v) is 11.6. The molecular formula is C22H22N2O7S. The number of rotatable bonds is 8. The molecule has 10 heteroatoms. The summed E-state index contributed by atoms with van der Waals surface area (Å²) < 4.78 is 38.8. The highest BCUT2D eigenvalue weighted by atomic mass is 32.2. The average molecular weight is 458 g/mol. The maximum Gasteiger partial charge on any atom is 0.311 e. The number of benzene rings is 1. The number of hydrogen-bond donors (Lipinski definition) is 1. The van der Waals surface area contributed by atoms with Gasteiger partial charge in [-0.2, -0.15) is 5.26 Å². The Morgan fingerprint density at radius 1 is 1.31 bits per heavy atom. The minimum atomic E-state index is -3.07. The molecule has 0 aliphatic carbocycles. The molecule has 0 bridgehead atoms. The van der Waals surface area contributed by atoms with E-state index in [1.54, 1.807) is 18.2 Å². The highest BCUT2D eigenvalue weighted by Crippen LogP contribution is 2.30. The van der Waals surface area contributed by atoms with Gasteiger partial charge in [0.05, 0.1) is 31.4 Å². The van der Waals surface area contributed by atoms with Crippen LogP contribution in [-0.4, -0.2) is 38.9 Å². The SMILES string of the molecule is COc1cc(/C=C(\C#N)C(=O)NCc2ccco2)ccc1OC(=O)C[C@H]1CCS(=O)(=O)C1. The van der Waals surface area contributed by atoms with Gasteiger partial charge in [0, 0.05) is 6.42 Å². The van der Waals surface area contributed by atoms with Gasteiger partial charge in [-0.25, -0.2) is 8.42 Å². The van der Waals surface area contributed by atoms with Crippen molar-refractivity contribution in [2.24, 2.45) is 5.92 Å². The number of carbonyl (C=O) groups is 2.